The molecule has 1 heteroatoms. The first kappa shape index (κ1) is 12.9. The van der Waals surface area contributed by atoms with E-state index in [1.165, 1.54) is 0 Å². The van der Waals surface area contributed by atoms with Crippen molar-refractivity contribution >= 4 is 0 Å². The van der Waals surface area contributed by atoms with Gasteiger partial charge in [-0.2, -0.15) is 0 Å². The van der Waals surface area contributed by atoms with Crippen LogP contribution in [0.1, 0.15) is 60.3 Å². The molecule has 0 aromatic carbocycles. The summed E-state index contributed by atoms with van der Waals surface area (Å²) in [7, 11) is 0. The summed E-state index contributed by atoms with van der Waals surface area (Å²) in [6, 6.07) is 0. The Labute approximate surface area is 82.9 Å². The Hall–Kier alpha value is -0.0700. The summed E-state index contributed by atoms with van der Waals surface area (Å²) in [5, 5.41) is 0. The lowest BCUT2D eigenvalue weighted by Gasteiger charge is -2.22. The van der Waals surface area contributed by atoms with E-state index in [1.807, 2.05) is 0 Å². The zero-order chi connectivity index (χ0) is 10.5. The molecule has 13 heavy (non-hydrogen) atoms. The molecule has 80 valence electrons. The molecule has 0 radical (unpaired) electrons. The van der Waals surface area contributed by atoms with Crippen LogP contribution in [-0.4, -0.2) is 5.67 Å². The predicted molar refractivity (Wildman–Crippen MR) is 57.7 cm³/mol. The maximum absolute atomic E-state index is 13.8. The molecule has 0 amide bonds. The van der Waals surface area contributed by atoms with Crippen LogP contribution in [0.15, 0.2) is 0 Å². The van der Waals surface area contributed by atoms with Crippen LogP contribution >= 0.6 is 0 Å². The minimum Gasteiger partial charge on any atom is -0.244 e. The van der Waals surface area contributed by atoms with Crippen molar-refractivity contribution in [2.75, 3.05) is 0 Å². The van der Waals surface area contributed by atoms with Crippen LogP contribution in [0.2, 0.25) is 0 Å². The summed E-state index contributed by atoms with van der Waals surface area (Å²) >= 11 is 0. The fourth-order valence-corrected chi connectivity index (χ4v) is 1.30. The first-order valence-corrected chi connectivity index (χ1v) is 5.52. The van der Waals surface area contributed by atoms with Gasteiger partial charge in [0.25, 0.3) is 0 Å². The molecule has 0 aromatic heterocycles. The second-order valence-corrected chi connectivity index (χ2v) is 5.28. The molecule has 0 N–H and O–H groups in total. The second kappa shape index (κ2) is 5.62. The van der Waals surface area contributed by atoms with E-state index in [4.69, 9.17) is 0 Å². The SMILES string of the molecule is CC(C)CCC(C)(F)CCC(C)C. The van der Waals surface area contributed by atoms with Crippen LogP contribution < -0.4 is 0 Å². The van der Waals surface area contributed by atoms with Crippen LogP contribution in [0.5, 0.6) is 0 Å². The Bertz CT molecular complexity index is 111. The van der Waals surface area contributed by atoms with Crippen molar-refractivity contribution in [2.24, 2.45) is 11.8 Å². The first-order chi connectivity index (χ1) is 5.83. The van der Waals surface area contributed by atoms with Gasteiger partial charge in [-0.05, 0) is 44.4 Å². The van der Waals surface area contributed by atoms with E-state index < -0.39 is 5.67 Å². The maximum atomic E-state index is 13.8. The largest absolute Gasteiger partial charge is 0.244 e. The van der Waals surface area contributed by atoms with E-state index >= 15 is 0 Å². The fourth-order valence-electron chi connectivity index (χ4n) is 1.30. The van der Waals surface area contributed by atoms with Crippen molar-refractivity contribution < 1.29 is 4.39 Å². The Kier molecular flexibility index (Phi) is 5.59. The van der Waals surface area contributed by atoms with Gasteiger partial charge in [-0.25, -0.2) is 4.39 Å². The van der Waals surface area contributed by atoms with Gasteiger partial charge in [-0.1, -0.05) is 27.7 Å². The topological polar surface area (TPSA) is 0 Å². The lowest BCUT2D eigenvalue weighted by atomic mass is 9.90. The molecular weight excluding hydrogens is 163 g/mol. The summed E-state index contributed by atoms with van der Waals surface area (Å²) in [6.07, 6.45) is 3.45. The van der Waals surface area contributed by atoms with Gasteiger partial charge in [0.1, 0.15) is 5.67 Å². The molecule has 0 spiro atoms. The predicted octanol–water partition coefficient (Wildman–Crippen LogP) is 4.59. The van der Waals surface area contributed by atoms with Crippen molar-refractivity contribution in [3.8, 4) is 0 Å². The van der Waals surface area contributed by atoms with Gasteiger partial charge in [0.2, 0.25) is 0 Å². The van der Waals surface area contributed by atoms with Gasteiger partial charge in [0, 0.05) is 0 Å². The molecule has 0 aliphatic rings. The Balaban J connectivity index is 3.66. The molecule has 0 saturated heterocycles. The third-order valence-electron chi connectivity index (χ3n) is 2.49. The van der Waals surface area contributed by atoms with Crippen LogP contribution in [0, 0.1) is 11.8 Å². The molecule has 0 unspecified atom stereocenters. The Morgan fingerprint density at radius 2 is 1.23 bits per heavy atom. The zero-order valence-electron chi connectivity index (χ0n) is 9.86. The lowest BCUT2D eigenvalue weighted by molar-refractivity contribution is 0.142. The molecule has 0 fully saturated rings. The second-order valence-electron chi connectivity index (χ2n) is 5.28. The third kappa shape index (κ3) is 8.27. The molecule has 0 bridgehead atoms. The van der Waals surface area contributed by atoms with E-state index in [1.54, 1.807) is 6.92 Å². The molecule has 0 nitrogen and oxygen atoms in total. The number of halogens is 1. The van der Waals surface area contributed by atoms with Gasteiger partial charge in [-0.3, -0.25) is 0 Å². The molecule has 0 aliphatic carbocycles. The molecule has 0 aliphatic heterocycles. The summed E-state index contributed by atoms with van der Waals surface area (Å²) in [5.41, 5.74) is -0.936. The average Bonchev–Trinajstić information content (AvgIpc) is 1.98. The molecule has 0 rings (SSSR count). The van der Waals surface area contributed by atoms with Gasteiger partial charge < -0.3 is 0 Å². The zero-order valence-corrected chi connectivity index (χ0v) is 9.86. The van der Waals surface area contributed by atoms with Gasteiger partial charge >= 0.3 is 0 Å². The van der Waals surface area contributed by atoms with E-state index in [-0.39, 0.29) is 0 Å². The number of hydrogen-bond acceptors (Lipinski definition) is 0. The number of alkyl halides is 1. The van der Waals surface area contributed by atoms with Crippen LogP contribution in [0.4, 0.5) is 4.39 Å². The average molecular weight is 188 g/mol. The van der Waals surface area contributed by atoms with E-state index in [0.717, 1.165) is 25.7 Å². The third-order valence-corrected chi connectivity index (χ3v) is 2.49. The molecule has 0 aromatic rings. The lowest BCUT2D eigenvalue weighted by Crippen LogP contribution is -2.19. The normalized spacial score (nSPS) is 12.9. The van der Waals surface area contributed by atoms with Crippen molar-refractivity contribution in [1.29, 1.82) is 0 Å². The highest BCUT2D eigenvalue weighted by Crippen LogP contribution is 2.27. The van der Waals surface area contributed by atoms with E-state index in [0.29, 0.717) is 11.8 Å². The highest BCUT2D eigenvalue weighted by Gasteiger charge is 2.22. The van der Waals surface area contributed by atoms with Crippen LogP contribution in [0.3, 0.4) is 0 Å². The number of hydrogen-bond donors (Lipinski definition) is 0. The Morgan fingerprint density at radius 3 is 1.46 bits per heavy atom. The van der Waals surface area contributed by atoms with Crippen LogP contribution in [0.25, 0.3) is 0 Å². The summed E-state index contributed by atoms with van der Waals surface area (Å²) in [6.45, 7) is 10.4. The molecule has 0 saturated carbocycles. The summed E-state index contributed by atoms with van der Waals surface area (Å²) < 4.78 is 13.8. The van der Waals surface area contributed by atoms with E-state index in [2.05, 4.69) is 27.7 Å². The highest BCUT2D eigenvalue weighted by atomic mass is 19.1. The maximum Gasteiger partial charge on any atom is 0.108 e. The highest BCUT2D eigenvalue weighted by molar-refractivity contribution is 4.74. The Morgan fingerprint density at radius 1 is 0.923 bits per heavy atom. The van der Waals surface area contributed by atoms with Crippen molar-refractivity contribution in [3.63, 3.8) is 0 Å². The fraction of sp³-hybridized carbons (Fsp3) is 1.00. The van der Waals surface area contributed by atoms with Gasteiger partial charge in [0.15, 0.2) is 0 Å². The van der Waals surface area contributed by atoms with Gasteiger partial charge in [0.05, 0.1) is 0 Å². The quantitative estimate of drug-likeness (QED) is 0.572. The standard InChI is InChI=1S/C12H25F/c1-10(2)6-8-12(5,13)9-7-11(3)4/h10-11H,6-9H2,1-5H3. The number of rotatable bonds is 6. The first-order valence-electron chi connectivity index (χ1n) is 5.52. The van der Waals surface area contributed by atoms with Crippen molar-refractivity contribution in [2.45, 2.75) is 66.0 Å². The molecular formula is C12H25F. The van der Waals surface area contributed by atoms with E-state index in [9.17, 15) is 4.39 Å². The minimum absolute atomic E-state index is 0.620. The smallest absolute Gasteiger partial charge is 0.108 e. The summed E-state index contributed by atoms with van der Waals surface area (Å²) in [4.78, 5) is 0. The molecule has 0 heterocycles. The molecule has 0 atom stereocenters. The summed E-state index contributed by atoms with van der Waals surface area (Å²) in [5.74, 6) is 1.24. The van der Waals surface area contributed by atoms with Crippen molar-refractivity contribution in [1.82, 2.24) is 0 Å². The monoisotopic (exact) mass is 188 g/mol. The van der Waals surface area contributed by atoms with Crippen LogP contribution in [-0.2, 0) is 0 Å². The minimum atomic E-state index is -0.936. The van der Waals surface area contributed by atoms with Gasteiger partial charge in [-0.15, -0.1) is 0 Å². The van der Waals surface area contributed by atoms with Crippen molar-refractivity contribution in [3.05, 3.63) is 0 Å².